The second-order valence-electron chi connectivity index (χ2n) is 9.74. The molecule has 1 aromatic rings. The maximum absolute atomic E-state index is 13.2. The van der Waals surface area contributed by atoms with E-state index in [1.165, 1.54) is 10.5 Å². The molecule has 7 nitrogen and oxygen atoms in total. The van der Waals surface area contributed by atoms with E-state index in [0.717, 1.165) is 76.0 Å². The minimum atomic E-state index is -0.661. The van der Waals surface area contributed by atoms with Gasteiger partial charge in [-0.3, -0.25) is 9.69 Å². The molecule has 7 heteroatoms. The topological polar surface area (TPSA) is 71.1 Å². The number of likely N-dealkylation sites (tertiary alicyclic amines) is 1. The number of urea groups is 1. The van der Waals surface area contributed by atoms with E-state index < -0.39 is 5.54 Å². The van der Waals surface area contributed by atoms with Crippen LogP contribution in [-0.4, -0.2) is 61.3 Å². The fraction of sp³-hybridized carbons (Fsp3) is 0.680. The summed E-state index contributed by atoms with van der Waals surface area (Å²) in [7, 11) is 3.35. The number of carbonyl (C=O) groups excluding carboxylic acids is 2. The van der Waals surface area contributed by atoms with Crippen LogP contribution in [0.3, 0.4) is 0 Å². The maximum atomic E-state index is 13.2. The van der Waals surface area contributed by atoms with Crippen molar-refractivity contribution in [3.63, 3.8) is 0 Å². The van der Waals surface area contributed by atoms with Crippen molar-refractivity contribution in [1.82, 2.24) is 15.1 Å². The van der Waals surface area contributed by atoms with Crippen LogP contribution < -0.4 is 14.8 Å². The Kier molecular flexibility index (Phi) is 6.93. The van der Waals surface area contributed by atoms with Gasteiger partial charge in [0.05, 0.1) is 20.9 Å². The number of amides is 3. The Balaban J connectivity index is 1.27. The Bertz CT molecular complexity index is 814. The number of benzene rings is 1. The third-order valence-corrected chi connectivity index (χ3v) is 7.80. The van der Waals surface area contributed by atoms with E-state index in [9.17, 15) is 9.59 Å². The molecule has 1 aromatic carbocycles. The van der Waals surface area contributed by atoms with Crippen molar-refractivity contribution in [3.8, 4) is 11.5 Å². The number of methoxy groups -OCH3 is 2. The first-order valence-corrected chi connectivity index (χ1v) is 12.0. The van der Waals surface area contributed by atoms with Gasteiger partial charge >= 0.3 is 6.03 Å². The predicted octanol–water partition coefficient (Wildman–Crippen LogP) is 3.81. The van der Waals surface area contributed by atoms with Crippen LogP contribution in [0, 0.1) is 11.8 Å². The van der Waals surface area contributed by atoms with Gasteiger partial charge in [0, 0.05) is 19.2 Å². The van der Waals surface area contributed by atoms with Gasteiger partial charge < -0.3 is 14.8 Å². The van der Waals surface area contributed by atoms with Gasteiger partial charge in [0.1, 0.15) is 17.0 Å². The lowest BCUT2D eigenvalue weighted by Crippen LogP contribution is -2.54. The van der Waals surface area contributed by atoms with E-state index in [4.69, 9.17) is 9.47 Å². The highest BCUT2D eigenvalue weighted by Crippen LogP contribution is 2.38. The summed E-state index contributed by atoms with van der Waals surface area (Å²) >= 11 is 0. The van der Waals surface area contributed by atoms with Gasteiger partial charge in [0.25, 0.3) is 5.91 Å². The predicted molar refractivity (Wildman–Crippen MR) is 123 cm³/mol. The molecule has 1 saturated carbocycles. The van der Waals surface area contributed by atoms with Crippen molar-refractivity contribution >= 4 is 11.9 Å². The van der Waals surface area contributed by atoms with Crippen molar-refractivity contribution in [3.05, 3.63) is 23.8 Å². The molecule has 0 bridgehead atoms. The van der Waals surface area contributed by atoms with Gasteiger partial charge in [-0.15, -0.1) is 0 Å². The van der Waals surface area contributed by atoms with Gasteiger partial charge in [-0.25, -0.2) is 9.69 Å². The number of carbonyl (C=O) groups is 2. The monoisotopic (exact) mass is 443 g/mol. The first-order chi connectivity index (χ1) is 15.4. The fourth-order valence-corrected chi connectivity index (χ4v) is 5.62. The van der Waals surface area contributed by atoms with Gasteiger partial charge in [-0.05, 0) is 68.1 Å². The first kappa shape index (κ1) is 22.9. The molecule has 0 unspecified atom stereocenters. The molecule has 32 heavy (non-hydrogen) atoms. The van der Waals surface area contributed by atoms with Crippen molar-refractivity contribution in [2.45, 2.75) is 63.8 Å². The summed E-state index contributed by atoms with van der Waals surface area (Å²) in [6, 6.07) is 5.85. The molecule has 4 rings (SSSR count). The lowest BCUT2D eigenvalue weighted by atomic mass is 9.73. The summed E-state index contributed by atoms with van der Waals surface area (Å²) in [4.78, 5) is 29.6. The minimum Gasteiger partial charge on any atom is -0.497 e. The van der Waals surface area contributed by atoms with E-state index in [1.54, 1.807) is 14.2 Å². The van der Waals surface area contributed by atoms with Crippen LogP contribution in [0.4, 0.5) is 4.79 Å². The zero-order valence-electron chi connectivity index (χ0n) is 19.7. The highest BCUT2D eigenvalue weighted by Gasteiger charge is 2.55. The smallest absolute Gasteiger partial charge is 0.326 e. The zero-order valence-corrected chi connectivity index (χ0v) is 19.7. The molecule has 1 N–H and O–H groups in total. The lowest BCUT2D eigenvalue weighted by Gasteiger charge is -2.37. The second kappa shape index (κ2) is 9.69. The molecule has 2 aliphatic heterocycles. The van der Waals surface area contributed by atoms with Crippen LogP contribution in [0.15, 0.2) is 18.2 Å². The van der Waals surface area contributed by atoms with E-state index in [0.29, 0.717) is 12.6 Å². The minimum absolute atomic E-state index is 0.0104. The maximum Gasteiger partial charge on any atom is 0.326 e. The van der Waals surface area contributed by atoms with Gasteiger partial charge in [0.2, 0.25) is 0 Å². The molecule has 2 atom stereocenters. The molecular weight excluding hydrogens is 406 g/mol. The third-order valence-electron chi connectivity index (χ3n) is 7.80. The van der Waals surface area contributed by atoms with Crippen molar-refractivity contribution in [2.24, 2.45) is 11.8 Å². The number of nitrogens with zero attached hydrogens (tertiary/aromatic N) is 2. The zero-order chi connectivity index (χ0) is 22.7. The summed E-state index contributed by atoms with van der Waals surface area (Å²) in [5.41, 5.74) is 0.570. The normalized spacial score (nSPS) is 27.1. The number of imide groups is 1. The lowest BCUT2D eigenvalue weighted by molar-refractivity contribution is -0.135. The molecular formula is C25H37N3O4. The molecule has 2 heterocycles. The fourth-order valence-electron chi connectivity index (χ4n) is 5.62. The Morgan fingerprint density at radius 2 is 1.72 bits per heavy atom. The van der Waals surface area contributed by atoms with E-state index in [2.05, 4.69) is 29.3 Å². The van der Waals surface area contributed by atoms with E-state index in [1.807, 2.05) is 6.07 Å². The number of nitrogens with one attached hydrogen (secondary N) is 1. The summed E-state index contributed by atoms with van der Waals surface area (Å²) in [6.07, 6.45) is 8.21. The van der Waals surface area contributed by atoms with Crippen molar-refractivity contribution < 1.29 is 19.1 Å². The Morgan fingerprint density at radius 1 is 1.03 bits per heavy atom. The van der Waals surface area contributed by atoms with Crippen LogP contribution in [0.1, 0.15) is 57.4 Å². The summed E-state index contributed by atoms with van der Waals surface area (Å²) < 4.78 is 10.8. The molecule has 3 amide bonds. The Hall–Kier alpha value is -2.28. The molecule has 0 radical (unpaired) electrons. The molecule has 1 spiro atoms. The quantitative estimate of drug-likeness (QED) is 0.649. The van der Waals surface area contributed by atoms with Gasteiger partial charge in [-0.2, -0.15) is 0 Å². The van der Waals surface area contributed by atoms with Gasteiger partial charge in [0.15, 0.2) is 0 Å². The van der Waals surface area contributed by atoms with Crippen molar-refractivity contribution in [1.29, 1.82) is 0 Å². The van der Waals surface area contributed by atoms with Crippen LogP contribution in [-0.2, 0) is 11.2 Å². The molecule has 2 saturated heterocycles. The Labute approximate surface area is 191 Å². The average molecular weight is 444 g/mol. The molecule has 1 aliphatic carbocycles. The summed E-state index contributed by atoms with van der Waals surface area (Å²) in [6.45, 7) is 4.36. The number of ether oxygens (including phenoxy) is 2. The summed E-state index contributed by atoms with van der Waals surface area (Å²) in [5, 5.41) is 3.06. The highest BCUT2D eigenvalue weighted by molar-refractivity contribution is 6.07. The van der Waals surface area contributed by atoms with Crippen LogP contribution in [0.2, 0.25) is 0 Å². The van der Waals surface area contributed by atoms with Gasteiger partial charge in [-0.1, -0.05) is 19.8 Å². The highest BCUT2D eigenvalue weighted by atomic mass is 16.5. The molecule has 176 valence electrons. The Morgan fingerprint density at radius 3 is 2.34 bits per heavy atom. The van der Waals surface area contributed by atoms with Crippen LogP contribution >= 0.6 is 0 Å². The number of aryl methyl sites for hydroxylation is 1. The standard InChI is InChI=1S/C25H37N3O4/c1-18-6-4-5-11-25(18)23(29)28(24(30)26-25)17-27-12-9-19(10-13-27)7-8-20-14-21(31-2)16-22(15-20)32-3/h14-16,18-19H,4-13,17H2,1-3H3,(H,26,30)/t18-,25-/m0/s1. The number of hydrogen-bond donors (Lipinski definition) is 1. The van der Waals surface area contributed by atoms with Crippen LogP contribution in [0.5, 0.6) is 11.5 Å². The van der Waals surface area contributed by atoms with E-state index >= 15 is 0 Å². The largest absolute Gasteiger partial charge is 0.497 e. The van der Waals surface area contributed by atoms with E-state index in [-0.39, 0.29) is 17.9 Å². The van der Waals surface area contributed by atoms with Crippen LogP contribution in [0.25, 0.3) is 0 Å². The first-order valence-electron chi connectivity index (χ1n) is 12.0. The average Bonchev–Trinajstić information content (AvgIpc) is 3.05. The number of piperidine rings is 1. The van der Waals surface area contributed by atoms with Crippen molar-refractivity contribution in [2.75, 3.05) is 34.0 Å². The number of hydrogen-bond acceptors (Lipinski definition) is 5. The molecule has 3 fully saturated rings. The molecule has 0 aromatic heterocycles. The second-order valence-corrected chi connectivity index (χ2v) is 9.74. The molecule has 3 aliphatic rings. The summed E-state index contributed by atoms with van der Waals surface area (Å²) in [5.74, 6) is 2.50. The SMILES string of the molecule is COc1cc(CCC2CCN(CN3C(=O)N[C@]4(CCCC[C@@H]4C)C3=O)CC2)cc(OC)c1. The number of rotatable bonds is 7. The third kappa shape index (κ3) is 4.58.